The Balaban J connectivity index is 1.44. The molecule has 0 radical (unpaired) electrons. The molecule has 2 aliphatic rings. The molecule has 47 nitrogen and oxygen atoms in total. The van der Waals surface area contributed by atoms with Crippen LogP contribution in [-0.4, -0.2) is 210 Å². The van der Waals surface area contributed by atoms with Gasteiger partial charge in [-0.15, -0.1) is 5.75 Å². The molecule has 0 spiro atoms. The van der Waals surface area contributed by atoms with Crippen LogP contribution in [0.25, 0.3) is 22.3 Å². The average Bonchev–Trinajstić information content (AvgIpc) is 0.758. The summed E-state index contributed by atoms with van der Waals surface area (Å²) in [5, 5.41) is 164. The molecule has 8 amide bonds. The normalized spacial score (nSPS) is 15.1. The molecule has 0 aromatic heterocycles. The first kappa shape index (κ1) is 89.6. The van der Waals surface area contributed by atoms with Crippen LogP contribution in [0.3, 0.4) is 0 Å². The lowest BCUT2D eigenvalue weighted by Gasteiger charge is -2.30. The van der Waals surface area contributed by atoms with E-state index in [2.05, 4.69) is 14.0 Å². The third kappa shape index (κ3) is 31.3. The van der Waals surface area contributed by atoms with Gasteiger partial charge in [-0.05, 0) is 82.2 Å². The van der Waals surface area contributed by atoms with Crippen molar-refractivity contribution in [3.63, 3.8) is 0 Å². The number of rotatable bonds is 50. The Kier molecular flexibility index (Phi) is 35.4. The number of hydrogen-bond acceptors (Lipinski definition) is 37. The lowest BCUT2D eigenvalue weighted by molar-refractivity contribution is -0.312. The van der Waals surface area contributed by atoms with Gasteiger partial charge in [-0.3, -0.25) is 52.7 Å². The number of pyridine rings is 1. The highest BCUT2D eigenvalue weighted by molar-refractivity contribution is 7.45. The summed E-state index contributed by atoms with van der Waals surface area (Å²) in [5.74, 6) is -28.8. The summed E-state index contributed by atoms with van der Waals surface area (Å²) in [5.41, 5.74) is -2.22. The molecule has 13 atom stereocenters. The summed E-state index contributed by atoms with van der Waals surface area (Å²) in [6.07, 6.45) is -22.4. The summed E-state index contributed by atoms with van der Waals surface area (Å²) in [4.78, 5) is 248. The number of nitrogens with one attached hydrogen (secondary N) is 9. The van der Waals surface area contributed by atoms with E-state index in [1.54, 1.807) is 5.32 Å². The number of nitrogens with zero attached hydrogens (tertiary/aromatic N) is 2. The van der Waals surface area contributed by atoms with Crippen molar-refractivity contribution in [1.82, 2.24) is 57.1 Å². The number of fused-ring (bicyclic) bond motifs is 2. The molecule has 48 heteroatoms. The standard InChI is InChI=1S/C59H78N11O36P/c1-24(106-107(103,104)105-23-38(73)47(83)37(72)22-70-36-21-26(71)3-2-25(36)20-27-48(70)68-59(102)69-50(27)85)49(84)67-35(58(100)101)10-18-45(80)65-33(56(96)97)8-16-43(78)63-31(54(92)93)6-14-41(76)61-29(52(88)89)4-12-39(74)60-28(51(86)87)5-13-40(75)62-30(53(90)91)7-15-42(77)64-32(55(94)95)9-17-44(79)66-34(57(98)99)11-19-46(81)82/h2-3,20-21,24,28-35,37-38,47,71-73,83H,4-19,22-23H2,1H3,(H,60,74)(H,61,76)(H,62,75)(H,63,78)(H,64,77)(H,65,80)(H,66,79)(H,67,84)(H,81,82)(H,86,87)(H,88,89)(H,90,91)(H,92,93)(H,94,95)(H,96,97)(H,98,99)(H,100,101)(H,103,104)(H,69,85,102)/p-11/t24-,28-,29-,30-,31-,32-,33-,34-,35-,37-,38+,47-/m0/s1. The third-order valence-corrected chi connectivity index (χ3v) is 16.2. The van der Waals surface area contributed by atoms with Crippen LogP contribution in [-0.2, 0) is 102 Å². The Labute approximate surface area is 599 Å². The van der Waals surface area contributed by atoms with Gasteiger partial charge in [-0.25, -0.2) is 4.79 Å². The van der Waals surface area contributed by atoms with Gasteiger partial charge < -0.3 is 171 Å². The van der Waals surface area contributed by atoms with Crippen LogP contribution in [0.15, 0.2) is 33.9 Å². The number of phosphoric acid groups is 1. The Hall–Kier alpha value is -11.6. The Morgan fingerprint density at radius 2 is 0.785 bits per heavy atom. The van der Waals surface area contributed by atoms with Crippen LogP contribution in [0, 0.1) is 0 Å². The van der Waals surface area contributed by atoms with E-state index in [9.17, 15) is 167 Å². The molecule has 1 aromatic carbocycles. The zero-order valence-corrected chi connectivity index (χ0v) is 56.5. The summed E-state index contributed by atoms with van der Waals surface area (Å²) in [6, 6.07) is -11.4. The van der Waals surface area contributed by atoms with Crippen LogP contribution < -0.4 is 110 Å². The van der Waals surface area contributed by atoms with Crippen molar-refractivity contribution >= 4 is 120 Å². The van der Waals surface area contributed by atoms with E-state index in [1.807, 2.05) is 42.2 Å². The Morgan fingerprint density at radius 3 is 1.09 bits per heavy atom. The molecular weight excluding hydrogens is 1470 g/mol. The number of carboxylic acid groups (broad SMARTS) is 9. The van der Waals surface area contributed by atoms with Gasteiger partial charge in [0.1, 0.15) is 24.4 Å². The molecule has 2 aliphatic heterocycles. The predicted octanol–water partition coefficient (Wildman–Crippen LogP) is -19.9. The summed E-state index contributed by atoms with van der Waals surface area (Å²) < 4.78 is 22.7. The number of aliphatic hydroxyl groups excluding tert-OH is 3. The lowest BCUT2D eigenvalue weighted by Crippen LogP contribution is -2.52. The van der Waals surface area contributed by atoms with E-state index < -0.39 is 314 Å². The van der Waals surface area contributed by atoms with Crippen molar-refractivity contribution in [2.24, 2.45) is 0 Å². The van der Waals surface area contributed by atoms with E-state index in [0.717, 1.165) is 23.6 Å². The molecule has 590 valence electrons. The Bertz CT molecular complexity index is 3960. The second-order valence-electron chi connectivity index (χ2n) is 23.3. The van der Waals surface area contributed by atoms with E-state index >= 15 is 0 Å². The molecule has 0 bridgehead atoms. The molecule has 0 fully saturated rings. The largest absolute Gasteiger partial charge is 0.872 e. The van der Waals surface area contributed by atoms with Crippen molar-refractivity contribution in [3.8, 4) is 17.1 Å². The summed E-state index contributed by atoms with van der Waals surface area (Å²) >= 11 is 0. The van der Waals surface area contributed by atoms with E-state index in [4.69, 9.17) is 0 Å². The number of amides is 8. The van der Waals surface area contributed by atoms with Gasteiger partial charge in [0.05, 0.1) is 115 Å². The monoisotopic (exact) mass is 1540 g/mol. The first-order valence-electron chi connectivity index (χ1n) is 31.5. The molecule has 12 N–H and O–H groups in total. The maximum Gasteiger partial charge on any atom is 0.349 e. The number of carbonyl (C=O) groups excluding carboxylic acids is 17. The number of phosphoric ester groups is 1. The molecule has 0 saturated carbocycles. The molecule has 3 rings (SSSR count). The van der Waals surface area contributed by atoms with Crippen molar-refractivity contribution in [1.29, 1.82) is 0 Å². The molecule has 0 saturated heterocycles. The third-order valence-electron chi connectivity index (χ3n) is 15.2. The quantitative estimate of drug-likeness (QED) is 0.0184. The number of hydrogen-bond donors (Lipinski definition) is 12. The predicted molar refractivity (Wildman–Crippen MR) is 319 cm³/mol. The highest BCUT2D eigenvalue weighted by Gasteiger charge is 2.32. The number of H-pyrrole nitrogens is 1. The van der Waals surface area contributed by atoms with Gasteiger partial charge in [0, 0.05) is 56.4 Å². The van der Waals surface area contributed by atoms with Crippen LogP contribution >= 0.6 is 7.82 Å². The van der Waals surface area contributed by atoms with E-state index in [-0.39, 0.29) is 22.3 Å². The SMILES string of the molecule is C[C@H](OP(=O)([O-])OC[C@@H](O)[C@@H](O)[C@@H](O)Cn1c2nc(=O)[nH]c(=O)c-2cc2ccc([O-])cc21)C(=O)N[C@@H](CCC(=O)N[C@@H](CCC(=O)N[C@@H](CCC(=O)N[C@@H](CCC(=O)N[C@@H](CCC(=O)N[C@@H](CCC(=O)N[C@@H](CCC(=O)N[C@@H](CCC(=O)[O-])C(=O)[O-])C(=O)[O-])C(=O)[O-])C(=O)[O-])C(=O)[O-])C(=O)[O-])C(=O)[O-])C(=O)[O-]. The van der Waals surface area contributed by atoms with Gasteiger partial charge in [-0.1, -0.05) is 12.1 Å². The van der Waals surface area contributed by atoms with Crippen molar-refractivity contribution in [3.05, 3.63) is 45.1 Å². The van der Waals surface area contributed by atoms with Gasteiger partial charge in [0.15, 0.2) is 5.82 Å². The van der Waals surface area contributed by atoms with Crippen molar-refractivity contribution < 1.29 is 166 Å². The molecule has 2 heterocycles. The Morgan fingerprint density at radius 1 is 0.477 bits per heavy atom. The van der Waals surface area contributed by atoms with E-state index in [1.165, 1.54) is 12.1 Å². The highest BCUT2D eigenvalue weighted by Crippen LogP contribution is 2.40. The maximum absolute atomic E-state index is 12.8. The summed E-state index contributed by atoms with van der Waals surface area (Å²) in [6.45, 7) is -1.41. The van der Waals surface area contributed by atoms with E-state index in [0.29, 0.717) is 0 Å². The fraction of sp³-hybridized carbons (Fsp3) is 0.525. The second-order valence-corrected chi connectivity index (χ2v) is 24.7. The minimum absolute atomic E-state index is 0.00661. The lowest BCUT2D eigenvalue weighted by atomic mass is 10.1. The number of benzene rings is 1. The molecular formula is C59H67N11O36P-11. The van der Waals surface area contributed by atoms with Crippen LogP contribution in [0.2, 0.25) is 0 Å². The van der Waals surface area contributed by atoms with Crippen LogP contribution in [0.1, 0.15) is 110 Å². The number of aromatic amines is 1. The van der Waals surface area contributed by atoms with Crippen LogP contribution in [0.4, 0.5) is 0 Å². The smallest absolute Gasteiger partial charge is 0.349 e. The molecule has 1 unspecified atom stereocenters. The minimum atomic E-state index is -5.71. The highest BCUT2D eigenvalue weighted by atomic mass is 31.2. The molecule has 1 aromatic rings. The van der Waals surface area contributed by atoms with Gasteiger partial charge in [0.25, 0.3) is 13.4 Å². The first-order valence-corrected chi connectivity index (χ1v) is 33.0. The van der Waals surface area contributed by atoms with Gasteiger partial charge >= 0.3 is 5.69 Å². The van der Waals surface area contributed by atoms with Crippen LogP contribution in [0.5, 0.6) is 5.75 Å². The number of aromatic nitrogens is 3. The molecule has 107 heavy (non-hydrogen) atoms. The number of carboxylic acids is 9. The topological polar surface area (TPSA) is 804 Å². The van der Waals surface area contributed by atoms with Crippen molar-refractivity contribution in [2.75, 3.05) is 6.61 Å². The second kappa shape index (κ2) is 42.3. The minimum Gasteiger partial charge on any atom is -0.872 e. The zero-order chi connectivity index (χ0) is 80.9. The first-order chi connectivity index (χ1) is 49.9. The fourth-order valence-electron chi connectivity index (χ4n) is 9.55. The zero-order valence-electron chi connectivity index (χ0n) is 55.6. The molecule has 0 aliphatic carbocycles. The van der Waals surface area contributed by atoms with Gasteiger partial charge in [-0.2, -0.15) is 4.98 Å². The number of carbonyl (C=O) groups is 17. The number of aliphatic carboxylic acids is 9. The van der Waals surface area contributed by atoms with Gasteiger partial charge in [0.2, 0.25) is 47.3 Å². The van der Waals surface area contributed by atoms with Crippen molar-refractivity contribution in [2.45, 2.75) is 189 Å². The number of aliphatic hydroxyl groups is 3. The maximum atomic E-state index is 12.8. The summed E-state index contributed by atoms with van der Waals surface area (Å²) in [7, 11) is -5.71. The average molecular weight is 1540 g/mol. The fourth-order valence-corrected chi connectivity index (χ4v) is 10.4.